The van der Waals surface area contributed by atoms with E-state index in [9.17, 15) is 9.59 Å². The zero-order chi connectivity index (χ0) is 20.5. The van der Waals surface area contributed by atoms with Gasteiger partial charge in [0.05, 0.1) is 5.56 Å². The number of fused-ring (bicyclic) bond motifs is 1. The SMILES string of the molecule is Cc1ccc(C(=O)Nc2sc3c(c2C(=O)N2CCN(C)CC2)CCC(C)C3)cc1. The van der Waals surface area contributed by atoms with Crippen LogP contribution in [0.15, 0.2) is 24.3 Å². The van der Waals surface area contributed by atoms with Crippen molar-refractivity contribution in [3.63, 3.8) is 0 Å². The number of nitrogens with zero attached hydrogens (tertiary/aromatic N) is 2. The third-order valence-electron chi connectivity index (χ3n) is 6.06. The molecule has 1 N–H and O–H groups in total. The van der Waals surface area contributed by atoms with Crippen LogP contribution < -0.4 is 5.32 Å². The van der Waals surface area contributed by atoms with E-state index in [1.54, 1.807) is 11.3 Å². The number of rotatable bonds is 3. The molecular weight excluding hydrogens is 382 g/mol. The van der Waals surface area contributed by atoms with Crippen molar-refractivity contribution in [2.75, 3.05) is 38.5 Å². The van der Waals surface area contributed by atoms with Crippen LogP contribution in [0.1, 0.15) is 50.1 Å². The van der Waals surface area contributed by atoms with Crippen LogP contribution in [0.25, 0.3) is 0 Å². The highest BCUT2D eigenvalue weighted by Gasteiger charge is 2.31. The number of thiophene rings is 1. The fourth-order valence-electron chi connectivity index (χ4n) is 4.11. The Morgan fingerprint density at radius 1 is 1.10 bits per heavy atom. The molecule has 2 amide bonds. The summed E-state index contributed by atoms with van der Waals surface area (Å²) in [6.45, 7) is 7.52. The molecule has 2 aliphatic rings. The molecular formula is C23H29N3O2S. The minimum absolute atomic E-state index is 0.0735. The number of carbonyl (C=O) groups excluding carboxylic acids is 2. The van der Waals surface area contributed by atoms with Crippen molar-refractivity contribution in [1.29, 1.82) is 0 Å². The van der Waals surface area contributed by atoms with Gasteiger partial charge in [-0.05, 0) is 56.8 Å². The Balaban J connectivity index is 1.64. The molecule has 154 valence electrons. The molecule has 1 unspecified atom stereocenters. The van der Waals surface area contributed by atoms with Crippen molar-refractivity contribution in [2.24, 2.45) is 5.92 Å². The summed E-state index contributed by atoms with van der Waals surface area (Å²) in [5, 5.41) is 3.79. The van der Waals surface area contributed by atoms with Gasteiger partial charge in [-0.2, -0.15) is 0 Å². The van der Waals surface area contributed by atoms with Gasteiger partial charge in [-0.3, -0.25) is 9.59 Å². The minimum atomic E-state index is -0.149. The van der Waals surface area contributed by atoms with Gasteiger partial charge in [0, 0.05) is 36.6 Å². The molecule has 2 heterocycles. The number of amides is 2. The van der Waals surface area contributed by atoms with Gasteiger partial charge in [-0.1, -0.05) is 24.6 Å². The van der Waals surface area contributed by atoms with E-state index in [4.69, 9.17) is 0 Å². The summed E-state index contributed by atoms with van der Waals surface area (Å²) in [6.07, 6.45) is 3.00. The maximum absolute atomic E-state index is 13.5. The monoisotopic (exact) mass is 411 g/mol. The van der Waals surface area contributed by atoms with Crippen molar-refractivity contribution < 1.29 is 9.59 Å². The molecule has 29 heavy (non-hydrogen) atoms. The van der Waals surface area contributed by atoms with Gasteiger partial charge in [0.25, 0.3) is 11.8 Å². The third-order valence-corrected chi connectivity index (χ3v) is 7.23. The van der Waals surface area contributed by atoms with Gasteiger partial charge < -0.3 is 15.1 Å². The molecule has 6 heteroatoms. The van der Waals surface area contributed by atoms with E-state index in [2.05, 4.69) is 24.2 Å². The average molecular weight is 412 g/mol. The van der Waals surface area contributed by atoms with Crippen molar-refractivity contribution in [2.45, 2.75) is 33.1 Å². The highest BCUT2D eigenvalue weighted by Crippen LogP contribution is 2.40. The van der Waals surface area contributed by atoms with Gasteiger partial charge in [0.15, 0.2) is 0 Å². The Kier molecular flexibility index (Phi) is 5.74. The Morgan fingerprint density at radius 2 is 1.79 bits per heavy atom. The molecule has 1 aliphatic heterocycles. The minimum Gasteiger partial charge on any atom is -0.336 e. The molecule has 1 fully saturated rings. The number of aryl methyl sites for hydroxylation is 1. The van der Waals surface area contributed by atoms with E-state index < -0.39 is 0 Å². The number of benzene rings is 1. The standard InChI is InChI=1S/C23H29N3O2S/c1-15-4-7-17(8-5-15)21(27)24-22-20(18-9-6-16(2)14-19(18)29-22)23(28)26-12-10-25(3)11-13-26/h4-5,7-8,16H,6,9-14H2,1-3H3,(H,24,27). The van der Waals surface area contributed by atoms with Crippen molar-refractivity contribution in [3.05, 3.63) is 51.4 Å². The van der Waals surface area contributed by atoms with Gasteiger partial charge in [-0.15, -0.1) is 11.3 Å². The van der Waals surface area contributed by atoms with E-state index in [1.807, 2.05) is 36.1 Å². The first-order valence-electron chi connectivity index (χ1n) is 10.4. The summed E-state index contributed by atoms with van der Waals surface area (Å²) >= 11 is 1.59. The zero-order valence-electron chi connectivity index (χ0n) is 17.5. The summed E-state index contributed by atoms with van der Waals surface area (Å²) in [5.74, 6) is 0.543. The molecule has 2 aromatic rings. The molecule has 0 saturated carbocycles. The van der Waals surface area contributed by atoms with Gasteiger partial charge >= 0.3 is 0 Å². The maximum atomic E-state index is 13.5. The van der Waals surface area contributed by atoms with E-state index in [0.717, 1.165) is 67.1 Å². The zero-order valence-corrected chi connectivity index (χ0v) is 18.3. The topological polar surface area (TPSA) is 52.7 Å². The molecule has 0 spiro atoms. The number of nitrogens with one attached hydrogen (secondary N) is 1. The average Bonchev–Trinajstić information content (AvgIpc) is 3.05. The molecule has 4 rings (SSSR count). The van der Waals surface area contributed by atoms with Crippen LogP contribution in [-0.2, 0) is 12.8 Å². The van der Waals surface area contributed by atoms with Crippen LogP contribution in [-0.4, -0.2) is 54.8 Å². The maximum Gasteiger partial charge on any atom is 0.257 e. The van der Waals surface area contributed by atoms with Crippen molar-refractivity contribution >= 4 is 28.2 Å². The molecule has 1 aliphatic carbocycles. The smallest absolute Gasteiger partial charge is 0.257 e. The Bertz CT molecular complexity index is 911. The lowest BCUT2D eigenvalue weighted by Gasteiger charge is -2.33. The van der Waals surface area contributed by atoms with E-state index in [1.165, 1.54) is 4.88 Å². The van der Waals surface area contributed by atoms with Gasteiger partial charge in [0.1, 0.15) is 5.00 Å². The number of hydrogen-bond acceptors (Lipinski definition) is 4. The van der Waals surface area contributed by atoms with Crippen molar-refractivity contribution in [3.8, 4) is 0 Å². The highest BCUT2D eigenvalue weighted by atomic mass is 32.1. The summed E-state index contributed by atoms with van der Waals surface area (Å²) in [7, 11) is 2.09. The van der Waals surface area contributed by atoms with Crippen LogP contribution in [0.5, 0.6) is 0 Å². The third kappa shape index (κ3) is 4.23. The van der Waals surface area contributed by atoms with E-state index in [0.29, 0.717) is 11.5 Å². The van der Waals surface area contributed by atoms with Crippen LogP contribution in [0, 0.1) is 12.8 Å². The van der Waals surface area contributed by atoms with E-state index in [-0.39, 0.29) is 11.8 Å². The molecule has 5 nitrogen and oxygen atoms in total. The second kappa shape index (κ2) is 8.28. The van der Waals surface area contributed by atoms with Crippen molar-refractivity contribution in [1.82, 2.24) is 9.80 Å². The number of hydrogen-bond donors (Lipinski definition) is 1. The highest BCUT2D eigenvalue weighted by molar-refractivity contribution is 7.17. The number of likely N-dealkylation sites (N-methyl/N-ethyl adjacent to an activating group) is 1. The number of anilines is 1. The number of piperazine rings is 1. The molecule has 0 bridgehead atoms. The Hall–Kier alpha value is -2.18. The fraction of sp³-hybridized carbons (Fsp3) is 0.478. The van der Waals surface area contributed by atoms with Gasteiger partial charge in [-0.25, -0.2) is 0 Å². The van der Waals surface area contributed by atoms with Crippen LogP contribution in [0.2, 0.25) is 0 Å². The fourth-order valence-corrected chi connectivity index (χ4v) is 5.51. The predicted molar refractivity (Wildman–Crippen MR) is 118 cm³/mol. The molecule has 1 atom stereocenters. The molecule has 1 saturated heterocycles. The predicted octanol–water partition coefficient (Wildman–Crippen LogP) is 3.82. The lowest BCUT2D eigenvalue weighted by Crippen LogP contribution is -2.47. The normalized spacial score (nSPS) is 19.7. The Morgan fingerprint density at radius 3 is 2.48 bits per heavy atom. The van der Waals surface area contributed by atoms with Gasteiger partial charge in [0.2, 0.25) is 0 Å². The summed E-state index contributed by atoms with van der Waals surface area (Å²) in [6, 6.07) is 7.54. The van der Waals surface area contributed by atoms with Crippen LogP contribution >= 0.6 is 11.3 Å². The molecule has 0 radical (unpaired) electrons. The first-order chi connectivity index (χ1) is 13.9. The van der Waals surface area contributed by atoms with E-state index >= 15 is 0 Å². The first-order valence-corrected chi connectivity index (χ1v) is 11.2. The summed E-state index contributed by atoms with van der Waals surface area (Å²) < 4.78 is 0. The first kappa shape index (κ1) is 20.1. The lowest BCUT2D eigenvalue weighted by atomic mass is 9.88. The molecule has 1 aromatic carbocycles. The molecule has 1 aromatic heterocycles. The second-order valence-corrected chi connectivity index (χ2v) is 9.58. The number of carbonyl (C=O) groups is 2. The van der Waals surface area contributed by atoms with Crippen LogP contribution in [0.3, 0.4) is 0 Å². The largest absolute Gasteiger partial charge is 0.336 e. The summed E-state index contributed by atoms with van der Waals surface area (Å²) in [5.41, 5.74) is 3.64. The lowest BCUT2D eigenvalue weighted by molar-refractivity contribution is 0.0664. The van der Waals surface area contributed by atoms with Crippen LogP contribution in [0.4, 0.5) is 5.00 Å². The quantitative estimate of drug-likeness (QED) is 0.835. The Labute approximate surface area is 176 Å². The second-order valence-electron chi connectivity index (χ2n) is 8.47. The summed E-state index contributed by atoms with van der Waals surface area (Å²) in [4.78, 5) is 31.8.